The molecule has 1 saturated carbocycles. The quantitative estimate of drug-likeness (QED) is 0.866. The zero-order chi connectivity index (χ0) is 15.8. The van der Waals surface area contributed by atoms with Gasteiger partial charge in [-0.3, -0.25) is 9.59 Å². The summed E-state index contributed by atoms with van der Waals surface area (Å²) in [4.78, 5) is 27.7. The molecule has 4 aliphatic rings. The molecule has 3 heterocycles. The number of Topliss-reactive ketones (excluding diaryl/α,β-unsaturated/α-hetero) is 1. The van der Waals surface area contributed by atoms with Crippen LogP contribution < -0.4 is 5.32 Å². The number of piperidine rings is 1. The summed E-state index contributed by atoms with van der Waals surface area (Å²) < 4.78 is 0. The molecule has 1 amide bonds. The highest BCUT2D eigenvalue weighted by atomic mass is 16.2. The monoisotopic (exact) mass is 310 g/mol. The van der Waals surface area contributed by atoms with Crippen LogP contribution >= 0.6 is 0 Å². The number of ketones is 1. The number of amides is 1. The van der Waals surface area contributed by atoms with Gasteiger partial charge in [0.2, 0.25) is 5.91 Å². The summed E-state index contributed by atoms with van der Waals surface area (Å²) >= 11 is 0. The standard InChI is InChI=1S/C19H22N2O2/c1-2-11-7-12-15(22)8-16-19(9-17(23)21(10-11)18(12)19)13-5-3-4-6-14(13)20-16/h3-6,11-12,16,18,20H,2,7-10H2,1H3/t11-,12-,16+,18+,19+/m0/s1. The molecule has 120 valence electrons. The Morgan fingerprint density at radius 3 is 2.96 bits per heavy atom. The lowest BCUT2D eigenvalue weighted by atomic mass is 9.58. The molecule has 2 saturated heterocycles. The molecule has 3 fully saturated rings. The molecule has 0 aromatic heterocycles. The average molecular weight is 310 g/mol. The molecule has 5 rings (SSSR count). The molecule has 1 N–H and O–H groups in total. The van der Waals surface area contributed by atoms with Gasteiger partial charge in [-0.2, -0.15) is 0 Å². The molecule has 1 aliphatic carbocycles. The molecule has 1 aromatic carbocycles. The van der Waals surface area contributed by atoms with Crippen LogP contribution in [0.4, 0.5) is 5.69 Å². The van der Waals surface area contributed by atoms with E-state index in [0.717, 1.165) is 25.1 Å². The van der Waals surface area contributed by atoms with Crippen molar-refractivity contribution in [1.82, 2.24) is 4.90 Å². The molecule has 0 radical (unpaired) electrons. The highest BCUT2D eigenvalue weighted by Gasteiger charge is 2.67. The van der Waals surface area contributed by atoms with Crippen molar-refractivity contribution < 1.29 is 9.59 Å². The minimum Gasteiger partial charge on any atom is -0.381 e. The SMILES string of the molecule is CC[C@H]1C[C@H]2C(=O)C[C@H]3Nc4ccccc4[C@]34CC(=O)N(C1)[C@H]24. The fraction of sp³-hybridized carbons (Fsp3) is 0.579. The van der Waals surface area contributed by atoms with Gasteiger partial charge in [-0.05, 0) is 24.0 Å². The van der Waals surface area contributed by atoms with Crippen molar-refractivity contribution in [3.63, 3.8) is 0 Å². The Morgan fingerprint density at radius 1 is 1.30 bits per heavy atom. The molecule has 5 atom stereocenters. The van der Waals surface area contributed by atoms with Crippen molar-refractivity contribution in [2.45, 2.75) is 50.1 Å². The number of benzene rings is 1. The second-order valence-corrected chi connectivity index (χ2v) is 7.74. The number of hydrogen-bond donors (Lipinski definition) is 1. The second-order valence-electron chi connectivity index (χ2n) is 7.74. The number of fused-ring (bicyclic) bond motifs is 1. The van der Waals surface area contributed by atoms with Crippen molar-refractivity contribution in [2.75, 3.05) is 11.9 Å². The van der Waals surface area contributed by atoms with Gasteiger partial charge in [-0.15, -0.1) is 0 Å². The van der Waals surface area contributed by atoms with Gasteiger partial charge >= 0.3 is 0 Å². The number of nitrogens with one attached hydrogen (secondary N) is 1. The van der Waals surface area contributed by atoms with Crippen LogP contribution in [0, 0.1) is 11.8 Å². The van der Waals surface area contributed by atoms with E-state index in [1.165, 1.54) is 5.56 Å². The smallest absolute Gasteiger partial charge is 0.223 e. The maximum atomic E-state index is 12.9. The van der Waals surface area contributed by atoms with Gasteiger partial charge in [0, 0.05) is 42.4 Å². The van der Waals surface area contributed by atoms with Crippen molar-refractivity contribution >= 4 is 17.4 Å². The van der Waals surface area contributed by atoms with E-state index in [-0.39, 0.29) is 29.3 Å². The third-order valence-corrected chi connectivity index (χ3v) is 6.83. The Bertz CT molecular complexity index is 715. The molecule has 0 bridgehead atoms. The molecule has 23 heavy (non-hydrogen) atoms. The van der Waals surface area contributed by atoms with E-state index >= 15 is 0 Å². The summed E-state index contributed by atoms with van der Waals surface area (Å²) in [6.07, 6.45) is 3.13. The maximum Gasteiger partial charge on any atom is 0.223 e. The molecular formula is C19H22N2O2. The van der Waals surface area contributed by atoms with Crippen molar-refractivity contribution in [3.8, 4) is 0 Å². The predicted octanol–water partition coefficient (Wildman–Crippen LogP) is 2.34. The van der Waals surface area contributed by atoms with E-state index in [0.29, 0.717) is 24.5 Å². The van der Waals surface area contributed by atoms with Crippen LogP contribution in [-0.2, 0) is 15.0 Å². The van der Waals surface area contributed by atoms with Gasteiger partial charge in [0.1, 0.15) is 5.78 Å². The number of rotatable bonds is 1. The first-order chi connectivity index (χ1) is 11.1. The summed E-state index contributed by atoms with van der Waals surface area (Å²) in [6.45, 7) is 3.00. The fourth-order valence-corrected chi connectivity index (χ4v) is 5.81. The van der Waals surface area contributed by atoms with Crippen molar-refractivity contribution in [2.24, 2.45) is 11.8 Å². The maximum absolute atomic E-state index is 12.9. The fourth-order valence-electron chi connectivity index (χ4n) is 5.81. The molecule has 1 aromatic rings. The van der Waals surface area contributed by atoms with Gasteiger partial charge in [0.25, 0.3) is 0 Å². The third-order valence-electron chi connectivity index (χ3n) is 6.83. The lowest BCUT2D eigenvalue weighted by molar-refractivity contribution is -0.138. The highest BCUT2D eigenvalue weighted by molar-refractivity contribution is 5.93. The lowest BCUT2D eigenvalue weighted by Crippen LogP contribution is -2.62. The number of hydrogen-bond acceptors (Lipinski definition) is 3. The Kier molecular flexibility index (Phi) is 2.58. The van der Waals surface area contributed by atoms with Gasteiger partial charge in [-0.25, -0.2) is 0 Å². The first kappa shape index (κ1) is 13.6. The Balaban J connectivity index is 1.69. The molecule has 4 nitrogen and oxygen atoms in total. The van der Waals surface area contributed by atoms with Crippen LogP contribution in [0.1, 0.15) is 38.2 Å². The third kappa shape index (κ3) is 1.52. The summed E-state index contributed by atoms with van der Waals surface area (Å²) in [6, 6.07) is 8.50. The first-order valence-electron chi connectivity index (χ1n) is 8.83. The summed E-state index contributed by atoms with van der Waals surface area (Å²) in [5.41, 5.74) is 2.20. The number of anilines is 1. The average Bonchev–Trinajstić information content (AvgIpc) is 3.04. The number of nitrogens with zero attached hydrogens (tertiary/aromatic N) is 1. The topological polar surface area (TPSA) is 49.4 Å². The van der Waals surface area contributed by atoms with Crippen molar-refractivity contribution in [1.29, 1.82) is 0 Å². The van der Waals surface area contributed by atoms with E-state index in [4.69, 9.17) is 0 Å². The second kappa shape index (κ2) is 4.37. The molecule has 3 aliphatic heterocycles. The van der Waals surface area contributed by atoms with E-state index in [2.05, 4.69) is 35.3 Å². The van der Waals surface area contributed by atoms with Gasteiger partial charge < -0.3 is 10.2 Å². The summed E-state index contributed by atoms with van der Waals surface area (Å²) in [7, 11) is 0. The van der Waals surface area contributed by atoms with E-state index in [1.54, 1.807) is 0 Å². The Labute approximate surface area is 136 Å². The lowest BCUT2D eigenvalue weighted by Gasteiger charge is -2.51. The first-order valence-corrected chi connectivity index (χ1v) is 8.83. The molecular weight excluding hydrogens is 288 g/mol. The minimum absolute atomic E-state index is 0.0318. The number of carbonyl (C=O) groups is 2. The predicted molar refractivity (Wildman–Crippen MR) is 87.2 cm³/mol. The van der Waals surface area contributed by atoms with Crippen LogP contribution in [0.3, 0.4) is 0 Å². The van der Waals surface area contributed by atoms with Crippen LogP contribution in [0.15, 0.2) is 24.3 Å². The molecule has 4 heteroatoms. The van der Waals surface area contributed by atoms with Crippen LogP contribution in [-0.4, -0.2) is 35.2 Å². The number of carbonyl (C=O) groups excluding carboxylic acids is 2. The molecule has 1 spiro atoms. The summed E-state index contributed by atoms with van der Waals surface area (Å²) in [5, 5.41) is 3.56. The normalized spacial score (nSPS) is 40.5. The highest BCUT2D eigenvalue weighted by Crippen LogP contribution is 2.58. The van der Waals surface area contributed by atoms with E-state index in [1.807, 2.05) is 6.07 Å². The van der Waals surface area contributed by atoms with Crippen molar-refractivity contribution in [3.05, 3.63) is 29.8 Å². The van der Waals surface area contributed by atoms with E-state index < -0.39 is 0 Å². The van der Waals surface area contributed by atoms with E-state index in [9.17, 15) is 9.59 Å². The van der Waals surface area contributed by atoms with Gasteiger partial charge in [0.15, 0.2) is 0 Å². The minimum atomic E-state index is -0.190. The van der Waals surface area contributed by atoms with Crippen LogP contribution in [0.25, 0.3) is 0 Å². The van der Waals surface area contributed by atoms with Gasteiger partial charge in [-0.1, -0.05) is 31.5 Å². The largest absolute Gasteiger partial charge is 0.381 e. The Hall–Kier alpha value is -1.84. The van der Waals surface area contributed by atoms with Gasteiger partial charge in [0.05, 0.1) is 6.04 Å². The zero-order valence-electron chi connectivity index (χ0n) is 13.4. The van der Waals surface area contributed by atoms with Crippen LogP contribution in [0.2, 0.25) is 0 Å². The molecule has 0 unspecified atom stereocenters. The Morgan fingerprint density at radius 2 is 2.13 bits per heavy atom. The zero-order valence-corrected chi connectivity index (χ0v) is 13.4. The van der Waals surface area contributed by atoms with Crippen LogP contribution in [0.5, 0.6) is 0 Å². The number of para-hydroxylation sites is 1. The summed E-state index contributed by atoms with van der Waals surface area (Å²) in [5.74, 6) is 1.11.